The van der Waals surface area contributed by atoms with E-state index >= 15 is 0 Å². The Morgan fingerprint density at radius 1 is 1.64 bits per heavy atom. The summed E-state index contributed by atoms with van der Waals surface area (Å²) in [5, 5.41) is 0. The molecule has 0 heterocycles. The summed E-state index contributed by atoms with van der Waals surface area (Å²) >= 11 is 0. The van der Waals surface area contributed by atoms with Crippen LogP contribution in [0.1, 0.15) is 20.8 Å². The van der Waals surface area contributed by atoms with Crippen molar-refractivity contribution in [1.29, 1.82) is 0 Å². The molecule has 0 aliphatic heterocycles. The zero-order chi connectivity index (χ0) is 9.07. The molecule has 3 nitrogen and oxygen atoms in total. The molecule has 0 aliphatic rings. The lowest BCUT2D eigenvalue weighted by molar-refractivity contribution is -0.156. The number of hydrogen-bond acceptors (Lipinski definition) is 3. The van der Waals surface area contributed by atoms with Gasteiger partial charge in [0, 0.05) is 0 Å². The molecule has 0 aromatic rings. The Bertz CT molecular complexity index is 142. The van der Waals surface area contributed by atoms with Crippen LogP contribution in [-0.4, -0.2) is 24.3 Å². The molecule has 0 unspecified atom stereocenters. The van der Waals surface area contributed by atoms with Gasteiger partial charge in [-0.1, -0.05) is 0 Å². The number of halogens is 1. The van der Waals surface area contributed by atoms with Crippen LogP contribution in [-0.2, 0) is 9.53 Å². The first-order chi connectivity index (χ1) is 4.87. The van der Waals surface area contributed by atoms with Gasteiger partial charge >= 0.3 is 5.97 Å². The molecule has 11 heavy (non-hydrogen) atoms. The van der Waals surface area contributed by atoms with Gasteiger partial charge in [-0.3, -0.25) is 4.79 Å². The second-order valence-electron chi connectivity index (χ2n) is 3.29. The Hall–Kier alpha value is -0.640. The molecule has 0 saturated heterocycles. The fourth-order valence-corrected chi connectivity index (χ4v) is 0.440. The molecule has 0 rings (SSSR count). The zero-order valence-electron chi connectivity index (χ0n) is 7.06. The van der Waals surface area contributed by atoms with Gasteiger partial charge in [-0.25, -0.2) is 4.39 Å². The van der Waals surface area contributed by atoms with Gasteiger partial charge in [-0.15, -0.1) is 0 Å². The number of carbonyl (C=O) groups is 1. The third kappa shape index (κ3) is 4.72. The van der Waals surface area contributed by atoms with E-state index in [0.29, 0.717) is 0 Å². The highest BCUT2D eigenvalue weighted by molar-refractivity contribution is 5.75. The Kier molecular flexibility index (Phi) is 3.45. The summed E-state index contributed by atoms with van der Waals surface area (Å²) in [6.45, 7) is 4.23. The summed E-state index contributed by atoms with van der Waals surface area (Å²) in [5.41, 5.74) is 4.48. The highest BCUT2D eigenvalue weighted by Crippen LogP contribution is 2.07. The topological polar surface area (TPSA) is 52.3 Å². The van der Waals surface area contributed by atoms with Crippen molar-refractivity contribution in [2.45, 2.75) is 32.4 Å². The molecule has 0 saturated carbocycles. The van der Waals surface area contributed by atoms with Gasteiger partial charge < -0.3 is 10.5 Å². The Labute approximate surface area is 65.7 Å². The maximum absolute atomic E-state index is 11.8. The molecule has 2 N–H and O–H groups in total. The molecule has 0 aromatic carbocycles. The van der Waals surface area contributed by atoms with Gasteiger partial charge in [0.1, 0.15) is 18.3 Å². The summed E-state index contributed by atoms with van der Waals surface area (Å²) in [4.78, 5) is 10.8. The number of alkyl halides is 1. The third-order valence-corrected chi connectivity index (χ3v) is 0.876. The van der Waals surface area contributed by atoms with Crippen molar-refractivity contribution >= 4 is 5.97 Å². The molecule has 0 aliphatic carbocycles. The highest BCUT2D eigenvalue weighted by atomic mass is 19.1. The van der Waals surface area contributed by atoms with E-state index in [9.17, 15) is 9.18 Å². The number of hydrogen-bond donors (Lipinski definition) is 1. The van der Waals surface area contributed by atoms with Crippen LogP contribution < -0.4 is 5.73 Å². The van der Waals surface area contributed by atoms with E-state index in [1.54, 1.807) is 20.8 Å². The van der Waals surface area contributed by atoms with E-state index < -0.39 is 24.3 Å². The van der Waals surface area contributed by atoms with Crippen molar-refractivity contribution in [3.05, 3.63) is 0 Å². The van der Waals surface area contributed by atoms with Crippen LogP contribution in [0.2, 0.25) is 0 Å². The normalized spacial score (nSPS) is 14.3. The minimum Gasteiger partial charge on any atom is -0.459 e. The van der Waals surface area contributed by atoms with Crippen LogP contribution in [0.15, 0.2) is 0 Å². The van der Waals surface area contributed by atoms with E-state index in [1.807, 2.05) is 0 Å². The molecule has 0 amide bonds. The molecular weight excluding hydrogens is 149 g/mol. The first-order valence-corrected chi connectivity index (χ1v) is 3.41. The van der Waals surface area contributed by atoms with E-state index in [2.05, 4.69) is 0 Å². The zero-order valence-corrected chi connectivity index (χ0v) is 7.06. The van der Waals surface area contributed by atoms with Gasteiger partial charge in [0.25, 0.3) is 0 Å². The first-order valence-electron chi connectivity index (χ1n) is 3.41. The van der Waals surface area contributed by atoms with E-state index in [0.717, 1.165) is 0 Å². The summed E-state index contributed by atoms with van der Waals surface area (Å²) in [6.07, 6.45) is 0. The average molecular weight is 163 g/mol. The SMILES string of the molecule is CC(C)(C)OC(=O)[C@@H](N)CF. The van der Waals surface area contributed by atoms with E-state index in [4.69, 9.17) is 10.5 Å². The summed E-state index contributed by atoms with van der Waals surface area (Å²) in [6, 6.07) is -1.14. The Morgan fingerprint density at radius 2 is 2.09 bits per heavy atom. The Balaban J connectivity index is 3.88. The molecule has 0 spiro atoms. The predicted octanol–water partition coefficient (Wildman–Crippen LogP) is 0.625. The van der Waals surface area contributed by atoms with Crippen LogP contribution in [0.5, 0.6) is 0 Å². The molecule has 0 aromatic heterocycles. The molecule has 0 bridgehead atoms. The molecule has 1 atom stereocenters. The van der Waals surface area contributed by atoms with Crippen molar-refractivity contribution in [2.24, 2.45) is 5.73 Å². The van der Waals surface area contributed by atoms with Crippen molar-refractivity contribution in [3.8, 4) is 0 Å². The lowest BCUT2D eigenvalue weighted by Gasteiger charge is -2.20. The fraction of sp³-hybridized carbons (Fsp3) is 0.857. The number of carbonyl (C=O) groups excluding carboxylic acids is 1. The van der Waals surface area contributed by atoms with E-state index in [-0.39, 0.29) is 0 Å². The summed E-state index contributed by atoms with van der Waals surface area (Å²) in [7, 11) is 0. The molecule has 4 heteroatoms. The monoisotopic (exact) mass is 163 g/mol. The molecule has 66 valence electrons. The lowest BCUT2D eigenvalue weighted by Crippen LogP contribution is -2.38. The van der Waals surface area contributed by atoms with Gasteiger partial charge in [0.2, 0.25) is 0 Å². The van der Waals surface area contributed by atoms with Crippen LogP contribution in [0.4, 0.5) is 4.39 Å². The van der Waals surface area contributed by atoms with Crippen LogP contribution in [0, 0.1) is 0 Å². The quantitative estimate of drug-likeness (QED) is 0.607. The smallest absolute Gasteiger partial charge is 0.326 e. The van der Waals surface area contributed by atoms with E-state index in [1.165, 1.54) is 0 Å². The third-order valence-electron chi connectivity index (χ3n) is 0.876. The second-order valence-corrected chi connectivity index (χ2v) is 3.29. The summed E-state index contributed by atoms with van der Waals surface area (Å²) < 4.78 is 16.6. The Morgan fingerprint density at radius 3 is 2.36 bits per heavy atom. The van der Waals surface area contributed by atoms with Gasteiger partial charge in [0.05, 0.1) is 0 Å². The molecular formula is C7H14FNO2. The minimum absolute atomic E-state index is 0.593. The van der Waals surface area contributed by atoms with Crippen LogP contribution in [0.3, 0.4) is 0 Å². The molecule has 0 fully saturated rings. The number of esters is 1. The van der Waals surface area contributed by atoms with Gasteiger partial charge in [0.15, 0.2) is 0 Å². The largest absolute Gasteiger partial charge is 0.459 e. The van der Waals surface area contributed by atoms with Crippen molar-refractivity contribution < 1.29 is 13.9 Å². The van der Waals surface area contributed by atoms with Gasteiger partial charge in [-0.2, -0.15) is 0 Å². The number of ether oxygens (including phenoxy) is 1. The first kappa shape index (κ1) is 10.4. The minimum atomic E-state index is -1.14. The fourth-order valence-electron chi connectivity index (χ4n) is 0.440. The maximum Gasteiger partial charge on any atom is 0.326 e. The van der Waals surface area contributed by atoms with Crippen LogP contribution in [0.25, 0.3) is 0 Å². The number of nitrogens with two attached hydrogens (primary N) is 1. The predicted molar refractivity (Wildman–Crippen MR) is 39.8 cm³/mol. The second kappa shape index (κ2) is 3.67. The van der Waals surface area contributed by atoms with Crippen molar-refractivity contribution in [2.75, 3.05) is 6.67 Å². The molecule has 0 radical (unpaired) electrons. The lowest BCUT2D eigenvalue weighted by atomic mass is 10.2. The van der Waals surface area contributed by atoms with Crippen molar-refractivity contribution in [3.63, 3.8) is 0 Å². The van der Waals surface area contributed by atoms with Crippen LogP contribution >= 0.6 is 0 Å². The number of rotatable bonds is 2. The average Bonchev–Trinajstić information content (AvgIpc) is 1.82. The standard InChI is InChI=1S/C7H14FNO2/c1-7(2,3)11-6(10)5(9)4-8/h5H,4,9H2,1-3H3/t5-/m0/s1. The highest BCUT2D eigenvalue weighted by Gasteiger charge is 2.21. The summed E-state index contributed by atoms with van der Waals surface area (Å²) in [5.74, 6) is -0.694. The van der Waals surface area contributed by atoms with Gasteiger partial charge in [-0.05, 0) is 20.8 Å². The van der Waals surface area contributed by atoms with Crippen molar-refractivity contribution in [1.82, 2.24) is 0 Å². The maximum atomic E-state index is 11.8.